The van der Waals surface area contributed by atoms with Crippen LogP contribution in [0.2, 0.25) is 0 Å². The quantitative estimate of drug-likeness (QED) is 0.879. The maximum atomic E-state index is 4.51. The zero-order chi connectivity index (χ0) is 13.0. The highest BCUT2D eigenvalue weighted by Gasteiger charge is 2.07. The molecule has 2 aromatic heterocycles. The Balaban J connectivity index is 2.29. The minimum atomic E-state index is 0.730. The van der Waals surface area contributed by atoms with Gasteiger partial charge in [-0.3, -0.25) is 4.68 Å². The molecule has 2 rings (SSSR count). The summed E-state index contributed by atoms with van der Waals surface area (Å²) in [7, 11) is 0. The molecular formula is C13H19N5. The third kappa shape index (κ3) is 2.85. The van der Waals surface area contributed by atoms with Crippen LogP contribution in [-0.4, -0.2) is 26.3 Å². The molecule has 5 nitrogen and oxygen atoms in total. The Kier molecular flexibility index (Phi) is 3.92. The molecule has 0 aliphatic heterocycles. The van der Waals surface area contributed by atoms with Crippen LogP contribution in [0.15, 0.2) is 18.5 Å². The van der Waals surface area contributed by atoms with E-state index in [0.717, 1.165) is 42.4 Å². The molecule has 0 aliphatic carbocycles. The van der Waals surface area contributed by atoms with Crippen molar-refractivity contribution in [1.82, 2.24) is 19.7 Å². The van der Waals surface area contributed by atoms with E-state index in [0.29, 0.717) is 0 Å². The van der Waals surface area contributed by atoms with Gasteiger partial charge in [0.2, 0.25) is 0 Å². The van der Waals surface area contributed by atoms with Crippen LogP contribution in [-0.2, 0) is 6.54 Å². The van der Waals surface area contributed by atoms with Gasteiger partial charge in [-0.05, 0) is 20.3 Å². The van der Waals surface area contributed by atoms with Crippen molar-refractivity contribution < 1.29 is 0 Å². The number of nitrogens with zero attached hydrogens (tertiary/aromatic N) is 4. The van der Waals surface area contributed by atoms with Crippen LogP contribution in [0.5, 0.6) is 0 Å². The van der Waals surface area contributed by atoms with Crippen LogP contribution in [0.1, 0.15) is 26.0 Å². The van der Waals surface area contributed by atoms with Crippen LogP contribution in [0, 0.1) is 6.92 Å². The third-order valence-electron chi connectivity index (χ3n) is 2.63. The second kappa shape index (κ2) is 5.62. The van der Waals surface area contributed by atoms with Gasteiger partial charge in [-0.2, -0.15) is 5.10 Å². The summed E-state index contributed by atoms with van der Waals surface area (Å²) in [6.07, 6.45) is 4.85. The van der Waals surface area contributed by atoms with Gasteiger partial charge in [0.05, 0.1) is 11.8 Å². The molecule has 0 aromatic carbocycles. The van der Waals surface area contributed by atoms with Crippen LogP contribution in [0.3, 0.4) is 0 Å². The number of anilines is 1. The predicted molar refractivity (Wildman–Crippen MR) is 72.4 cm³/mol. The number of nitrogens with one attached hydrogen (secondary N) is 1. The van der Waals surface area contributed by atoms with Crippen LogP contribution < -0.4 is 5.32 Å². The van der Waals surface area contributed by atoms with E-state index in [1.54, 1.807) is 0 Å². The Hall–Kier alpha value is -1.91. The summed E-state index contributed by atoms with van der Waals surface area (Å²) in [5.74, 6) is 1.61. The Morgan fingerprint density at radius 1 is 1.28 bits per heavy atom. The third-order valence-corrected chi connectivity index (χ3v) is 2.63. The van der Waals surface area contributed by atoms with Crippen molar-refractivity contribution in [3.05, 3.63) is 24.2 Å². The molecule has 0 saturated heterocycles. The molecule has 0 unspecified atom stereocenters. The summed E-state index contributed by atoms with van der Waals surface area (Å²) in [5, 5.41) is 7.54. The molecule has 0 amide bonds. The van der Waals surface area contributed by atoms with Crippen molar-refractivity contribution in [2.75, 3.05) is 11.9 Å². The first-order valence-corrected chi connectivity index (χ1v) is 6.35. The van der Waals surface area contributed by atoms with Crippen molar-refractivity contribution in [2.24, 2.45) is 0 Å². The number of rotatable bonds is 5. The summed E-state index contributed by atoms with van der Waals surface area (Å²) in [5.41, 5.74) is 1.92. The van der Waals surface area contributed by atoms with Crippen molar-refractivity contribution in [3.8, 4) is 11.4 Å². The molecular weight excluding hydrogens is 226 g/mol. The van der Waals surface area contributed by atoms with E-state index >= 15 is 0 Å². The number of hydrogen-bond acceptors (Lipinski definition) is 4. The van der Waals surface area contributed by atoms with Gasteiger partial charge in [-0.1, -0.05) is 6.92 Å². The van der Waals surface area contributed by atoms with E-state index in [1.165, 1.54) is 0 Å². The minimum Gasteiger partial charge on any atom is -0.370 e. The summed E-state index contributed by atoms with van der Waals surface area (Å²) < 4.78 is 1.88. The summed E-state index contributed by atoms with van der Waals surface area (Å²) in [6.45, 7) is 7.94. The van der Waals surface area contributed by atoms with Crippen molar-refractivity contribution in [2.45, 2.75) is 33.7 Å². The number of aryl methyl sites for hydroxylation is 2. The van der Waals surface area contributed by atoms with E-state index in [2.05, 4.69) is 34.2 Å². The van der Waals surface area contributed by atoms with E-state index in [-0.39, 0.29) is 0 Å². The fourth-order valence-corrected chi connectivity index (χ4v) is 1.69. The molecule has 0 spiro atoms. The number of hydrogen-bond donors (Lipinski definition) is 1. The van der Waals surface area contributed by atoms with Gasteiger partial charge in [-0.25, -0.2) is 9.97 Å². The zero-order valence-electron chi connectivity index (χ0n) is 11.1. The highest BCUT2D eigenvalue weighted by molar-refractivity contribution is 5.55. The Labute approximate surface area is 107 Å². The fourth-order valence-electron chi connectivity index (χ4n) is 1.69. The summed E-state index contributed by atoms with van der Waals surface area (Å²) >= 11 is 0. The molecule has 96 valence electrons. The average Bonchev–Trinajstić information content (AvgIpc) is 2.84. The van der Waals surface area contributed by atoms with Gasteiger partial charge in [0.25, 0.3) is 0 Å². The van der Waals surface area contributed by atoms with Crippen LogP contribution in [0.4, 0.5) is 5.82 Å². The van der Waals surface area contributed by atoms with Crippen molar-refractivity contribution in [3.63, 3.8) is 0 Å². The second-order valence-electron chi connectivity index (χ2n) is 4.23. The van der Waals surface area contributed by atoms with Gasteiger partial charge in [0, 0.05) is 31.0 Å². The topological polar surface area (TPSA) is 55.6 Å². The smallest absolute Gasteiger partial charge is 0.164 e. The van der Waals surface area contributed by atoms with E-state index in [4.69, 9.17) is 0 Å². The summed E-state index contributed by atoms with van der Waals surface area (Å²) in [6, 6.07) is 1.96. The Morgan fingerprint density at radius 2 is 2.11 bits per heavy atom. The van der Waals surface area contributed by atoms with E-state index in [1.807, 2.05) is 30.1 Å². The minimum absolute atomic E-state index is 0.730. The van der Waals surface area contributed by atoms with Gasteiger partial charge in [0.1, 0.15) is 5.82 Å². The van der Waals surface area contributed by atoms with Gasteiger partial charge < -0.3 is 5.32 Å². The monoisotopic (exact) mass is 245 g/mol. The second-order valence-corrected chi connectivity index (χ2v) is 4.23. The molecule has 0 radical (unpaired) electrons. The van der Waals surface area contributed by atoms with Crippen molar-refractivity contribution in [1.29, 1.82) is 0 Å². The first kappa shape index (κ1) is 12.5. The van der Waals surface area contributed by atoms with E-state index in [9.17, 15) is 0 Å². The lowest BCUT2D eigenvalue weighted by Gasteiger charge is -2.06. The first-order chi connectivity index (χ1) is 8.72. The molecule has 2 heterocycles. The fraction of sp³-hybridized carbons (Fsp3) is 0.462. The molecule has 0 atom stereocenters. The summed E-state index contributed by atoms with van der Waals surface area (Å²) in [4.78, 5) is 8.97. The highest BCUT2D eigenvalue weighted by atomic mass is 15.3. The van der Waals surface area contributed by atoms with Gasteiger partial charge in [0.15, 0.2) is 5.82 Å². The lowest BCUT2D eigenvalue weighted by Crippen LogP contribution is -2.04. The first-order valence-electron chi connectivity index (χ1n) is 6.35. The predicted octanol–water partition coefficient (Wildman–Crippen LogP) is 2.49. The molecule has 18 heavy (non-hydrogen) atoms. The van der Waals surface area contributed by atoms with Gasteiger partial charge in [-0.15, -0.1) is 0 Å². The molecule has 2 aromatic rings. The van der Waals surface area contributed by atoms with Crippen molar-refractivity contribution >= 4 is 5.82 Å². The maximum absolute atomic E-state index is 4.51. The van der Waals surface area contributed by atoms with E-state index < -0.39 is 0 Å². The standard InChI is InChI=1S/C13H19N5/c1-4-6-14-12-7-10(3)16-13(17-12)11-8-15-18(5-2)9-11/h7-9H,4-6H2,1-3H3,(H,14,16,17). The molecule has 1 N–H and O–H groups in total. The largest absolute Gasteiger partial charge is 0.370 e. The molecule has 0 aliphatic rings. The lowest BCUT2D eigenvalue weighted by atomic mass is 10.3. The van der Waals surface area contributed by atoms with Crippen LogP contribution >= 0.6 is 0 Å². The molecule has 0 saturated carbocycles. The maximum Gasteiger partial charge on any atom is 0.164 e. The Morgan fingerprint density at radius 3 is 2.78 bits per heavy atom. The Bertz CT molecular complexity index is 518. The normalized spacial score (nSPS) is 10.6. The molecule has 0 bridgehead atoms. The number of aromatic nitrogens is 4. The average molecular weight is 245 g/mol. The lowest BCUT2D eigenvalue weighted by molar-refractivity contribution is 0.660. The van der Waals surface area contributed by atoms with Gasteiger partial charge >= 0.3 is 0 Å². The van der Waals surface area contributed by atoms with Crippen LogP contribution in [0.25, 0.3) is 11.4 Å². The zero-order valence-corrected chi connectivity index (χ0v) is 11.1. The SMILES string of the molecule is CCCNc1cc(C)nc(-c2cnn(CC)c2)n1. The molecule has 5 heteroatoms. The molecule has 0 fully saturated rings. The highest BCUT2D eigenvalue weighted by Crippen LogP contribution is 2.17.